The molecular weight excluding hydrogens is 326 g/mol. The number of hydrogen-bond acceptors (Lipinski definition) is 6. The molecule has 0 spiro atoms. The van der Waals surface area contributed by atoms with Gasteiger partial charge in [-0.05, 0) is 31.4 Å². The normalized spacial score (nSPS) is 17.5. The second-order valence-corrected chi connectivity index (χ2v) is 6.54. The molecule has 1 atom stereocenters. The van der Waals surface area contributed by atoms with Crippen LogP contribution in [0.2, 0.25) is 0 Å². The van der Waals surface area contributed by atoms with Crippen LogP contribution in [0.15, 0.2) is 29.9 Å². The zero-order chi connectivity index (χ0) is 16.9. The summed E-state index contributed by atoms with van der Waals surface area (Å²) in [7, 11) is 1.36. The number of esters is 1. The molecule has 1 unspecified atom stereocenters. The zero-order valence-corrected chi connectivity index (χ0v) is 14.3. The van der Waals surface area contributed by atoms with Gasteiger partial charge in [-0.15, -0.1) is 11.3 Å². The van der Waals surface area contributed by atoms with Crippen LogP contribution in [0.5, 0.6) is 0 Å². The maximum absolute atomic E-state index is 12.6. The Bertz CT molecular complexity index is 717. The molecule has 1 aliphatic rings. The molecular formula is C17H19N3O3S. The first-order valence-electron chi connectivity index (χ1n) is 7.91. The highest BCUT2D eigenvalue weighted by Crippen LogP contribution is 2.24. The van der Waals surface area contributed by atoms with Gasteiger partial charge in [-0.1, -0.05) is 0 Å². The number of carbonyl (C=O) groups is 2. The van der Waals surface area contributed by atoms with Gasteiger partial charge in [0.2, 0.25) is 5.91 Å². The number of likely N-dealkylation sites (tertiary alicyclic amines) is 1. The molecule has 1 fully saturated rings. The molecule has 1 amide bonds. The summed E-state index contributed by atoms with van der Waals surface area (Å²) in [4.78, 5) is 34.7. The van der Waals surface area contributed by atoms with Gasteiger partial charge in [-0.2, -0.15) is 0 Å². The number of ether oxygens (including phenoxy) is 1. The van der Waals surface area contributed by atoms with Crippen LogP contribution in [0.3, 0.4) is 0 Å². The molecule has 0 aromatic carbocycles. The average Bonchev–Trinajstić information content (AvgIpc) is 3.10. The Kier molecular flexibility index (Phi) is 5.20. The maximum Gasteiger partial charge on any atom is 0.328 e. The number of aromatic nitrogens is 2. The Morgan fingerprint density at radius 2 is 2.29 bits per heavy atom. The van der Waals surface area contributed by atoms with Crippen molar-refractivity contribution in [2.45, 2.75) is 31.7 Å². The third kappa shape index (κ3) is 3.62. The van der Waals surface area contributed by atoms with E-state index < -0.39 is 6.04 Å². The SMILES string of the molecule is COC(=O)C1CCCCN1C(=O)Cc1csc(-c2cccnc2)n1. The predicted molar refractivity (Wildman–Crippen MR) is 90.4 cm³/mol. The molecule has 3 heterocycles. The van der Waals surface area contributed by atoms with E-state index in [2.05, 4.69) is 9.97 Å². The van der Waals surface area contributed by atoms with Crippen LogP contribution in [0.1, 0.15) is 25.0 Å². The largest absolute Gasteiger partial charge is 0.467 e. The summed E-state index contributed by atoms with van der Waals surface area (Å²) in [6, 6.07) is 3.33. The standard InChI is InChI=1S/C17H19N3O3S/c1-23-17(22)14-6-2-3-8-20(14)15(21)9-13-11-24-16(19-13)12-5-4-7-18-10-12/h4-5,7,10-11,14H,2-3,6,8-9H2,1H3. The Morgan fingerprint density at radius 1 is 1.42 bits per heavy atom. The number of rotatable bonds is 4. The van der Waals surface area contributed by atoms with Gasteiger partial charge < -0.3 is 9.64 Å². The van der Waals surface area contributed by atoms with Gasteiger partial charge in [0.05, 0.1) is 19.2 Å². The number of methoxy groups -OCH3 is 1. The molecule has 7 heteroatoms. The van der Waals surface area contributed by atoms with E-state index in [-0.39, 0.29) is 18.3 Å². The minimum absolute atomic E-state index is 0.0758. The average molecular weight is 345 g/mol. The van der Waals surface area contributed by atoms with Crippen molar-refractivity contribution in [1.29, 1.82) is 0 Å². The third-order valence-corrected chi connectivity index (χ3v) is 5.03. The molecule has 0 radical (unpaired) electrons. The molecule has 0 saturated carbocycles. The van der Waals surface area contributed by atoms with Gasteiger partial charge in [0, 0.05) is 29.9 Å². The lowest BCUT2D eigenvalue weighted by atomic mass is 10.0. The van der Waals surface area contributed by atoms with E-state index >= 15 is 0 Å². The fourth-order valence-electron chi connectivity index (χ4n) is 2.88. The van der Waals surface area contributed by atoms with Crippen molar-refractivity contribution in [1.82, 2.24) is 14.9 Å². The summed E-state index contributed by atoms with van der Waals surface area (Å²) >= 11 is 1.49. The fraction of sp³-hybridized carbons (Fsp3) is 0.412. The van der Waals surface area contributed by atoms with Crippen molar-refractivity contribution in [2.24, 2.45) is 0 Å². The van der Waals surface area contributed by atoms with Crippen LogP contribution in [-0.4, -0.2) is 46.4 Å². The summed E-state index contributed by atoms with van der Waals surface area (Å²) in [6.45, 7) is 0.595. The topological polar surface area (TPSA) is 72.4 Å². The van der Waals surface area contributed by atoms with Gasteiger partial charge in [0.25, 0.3) is 0 Å². The summed E-state index contributed by atoms with van der Waals surface area (Å²) < 4.78 is 4.83. The molecule has 0 aliphatic carbocycles. The van der Waals surface area contributed by atoms with E-state index in [1.54, 1.807) is 17.3 Å². The smallest absolute Gasteiger partial charge is 0.328 e. The Morgan fingerprint density at radius 3 is 3.04 bits per heavy atom. The fourth-order valence-corrected chi connectivity index (χ4v) is 3.69. The molecule has 0 bridgehead atoms. The highest BCUT2D eigenvalue weighted by molar-refractivity contribution is 7.13. The van der Waals surface area contributed by atoms with Gasteiger partial charge >= 0.3 is 5.97 Å². The third-order valence-electron chi connectivity index (χ3n) is 4.09. The van der Waals surface area contributed by atoms with Crippen LogP contribution in [-0.2, 0) is 20.7 Å². The number of hydrogen-bond donors (Lipinski definition) is 0. The Labute approximate surface area is 144 Å². The van der Waals surface area contributed by atoms with Crippen molar-refractivity contribution >= 4 is 23.2 Å². The number of carbonyl (C=O) groups excluding carboxylic acids is 2. The van der Waals surface area contributed by atoms with E-state index in [4.69, 9.17) is 4.74 Å². The number of amides is 1. The highest BCUT2D eigenvalue weighted by Gasteiger charge is 2.32. The van der Waals surface area contributed by atoms with Crippen LogP contribution in [0, 0.1) is 0 Å². The Balaban J connectivity index is 1.70. The minimum Gasteiger partial charge on any atom is -0.467 e. The van der Waals surface area contributed by atoms with Crippen LogP contribution >= 0.6 is 11.3 Å². The molecule has 126 valence electrons. The number of thiazole rings is 1. The number of pyridine rings is 1. The lowest BCUT2D eigenvalue weighted by Gasteiger charge is -2.33. The molecule has 2 aromatic heterocycles. The molecule has 6 nitrogen and oxygen atoms in total. The first-order valence-corrected chi connectivity index (χ1v) is 8.79. The molecule has 0 N–H and O–H groups in total. The summed E-state index contributed by atoms with van der Waals surface area (Å²) in [5.74, 6) is -0.412. The first-order chi connectivity index (χ1) is 11.7. The van der Waals surface area contributed by atoms with Crippen molar-refractivity contribution in [2.75, 3.05) is 13.7 Å². The molecule has 24 heavy (non-hydrogen) atoms. The zero-order valence-electron chi connectivity index (χ0n) is 13.5. The second-order valence-electron chi connectivity index (χ2n) is 5.68. The van der Waals surface area contributed by atoms with Crippen LogP contribution in [0.25, 0.3) is 10.6 Å². The van der Waals surface area contributed by atoms with Crippen molar-refractivity contribution in [3.05, 3.63) is 35.6 Å². The molecule has 2 aromatic rings. The summed E-state index contributed by atoms with van der Waals surface area (Å²) in [5.41, 5.74) is 1.66. The number of nitrogens with zero attached hydrogens (tertiary/aromatic N) is 3. The van der Waals surface area contributed by atoms with Gasteiger partial charge in [-0.3, -0.25) is 9.78 Å². The first kappa shape index (κ1) is 16.6. The van der Waals surface area contributed by atoms with Crippen molar-refractivity contribution < 1.29 is 14.3 Å². The van der Waals surface area contributed by atoms with Gasteiger partial charge in [0.1, 0.15) is 11.0 Å². The minimum atomic E-state index is -0.465. The van der Waals surface area contributed by atoms with Crippen LogP contribution < -0.4 is 0 Å². The number of piperidine rings is 1. The quantitative estimate of drug-likeness (QED) is 0.795. The molecule has 1 aliphatic heterocycles. The monoisotopic (exact) mass is 345 g/mol. The predicted octanol–water partition coefficient (Wildman–Crippen LogP) is 2.30. The van der Waals surface area contributed by atoms with E-state index in [9.17, 15) is 9.59 Å². The van der Waals surface area contributed by atoms with E-state index in [1.807, 2.05) is 17.5 Å². The van der Waals surface area contributed by atoms with Crippen LogP contribution in [0.4, 0.5) is 0 Å². The van der Waals surface area contributed by atoms with E-state index in [0.717, 1.165) is 29.1 Å². The van der Waals surface area contributed by atoms with Crippen molar-refractivity contribution in [3.8, 4) is 10.6 Å². The van der Waals surface area contributed by atoms with Crippen molar-refractivity contribution in [3.63, 3.8) is 0 Å². The lowest BCUT2D eigenvalue weighted by molar-refractivity contribution is -0.154. The maximum atomic E-state index is 12.6. The summed E-state index contributed by atoms with van der Waals surface area (Å²) in [5, 5.41) is 2.73. The molecule has 3 rings (SSSR count). The Hall–Kier alpha value is -2.28. The van der Waals surface area contributed by atoms with E-state index in [1.165, 1.54) is 18.4 Å². The van der Waals surface area contributed by atoms with Gasteiger partial charge in [0.15, 0.2) is 0 Å². The summed E-state index contributed by atoms with van der Waals surface area (Å²) in [6.07, 6.45) is 6.18. The van der Waals surface area contributed by atoms with Gasteiger partial charge in [-0.25, -0.2) is 9.78 Å². The molecule has 1 saturated heterocycles. The highest BCUT2D eigenvalue weighted by atomic mass is 32.1. The second kappa shape index (κ2) is 7.53. The lowest BCUT2D eigenvalue weighted by Crippen LogP contribution is -2.49. The van der Waals surface area contributed by atoms with E-state index in [0.29, 0.717) is 13.0 Å².